The largest absolute Gasteiger partial charge is 0.481 e. The number of para-hydroxylation sites is 1. The van der Waals surface area contributed by atoms with E-state index in [2.05, 4.69) is 16.9 Å². The third-order valence-corrected chi connectivity index (χ3v) is 5.64. The van der Waals surface area contributed by atoms with Crippen molar-refractivity contribution in [3.05, 3.63) is 90.0 Å². The molecule has 1 atom stereocenters. The van der Waals surface area contributed by atoms with Crippen molar-refractivity contribution in [1.82, 2.24) is 19.4 Å². The third kappa shape index (κ3) is 5.12. The first-order chi connectivity index (χ1) is 17.4. The first kappa shape index (κ1) is 24.3. The molecule has 10 heteroatoms. The van der Waals surface area contributed by atoms with Gasteiger partial charge in [0.25, 0.3) is 0 Å². The van der Waals surface area contributed by atoms with Crippen LogP contribution in [0.25, 0.3) is 16.7 Å². The number of carbonyl (C=O) groups excluding carboxylic acids is 1. The smallest absolute Gasteiger partial charge is 0.334 e. The fourth-order valence-corrected chi connectivity index (χ4v) is 3.97. The summed E-state index contributed by atoms with van der Waals surface area (Å²) >= 11 is 0. The van der Waals surface area contributed by atoms with E-state index in [1.165, 1.54) is 15.3 Å². The van der Waals surface area contributed by atoms with E-state index in [0.29, 0.717) is 28.2 Å². The number of anilines is 1. The number of hydrogen-bond donors (Lipinski definition) is 3. The molecule has 0 aliphatic carbocycles. The summed E-state index contributed by atoms with van der Waals surface area (Å²) in [5, 5.41) is 11.9. The zero-order valence-corrected chi connectivity index (χ0v) is 19.3. The van der Waals surface area contributed by atoms with Gasteiger partial charge in [0.2, 0.25) is 5.91 Å². The van der Waals surface area contributed by atoms with E-state index in [4.69, 9.17) is 10.5 Å². The number of fused-ring (bicyclic) bond motifs is 1. The van der Waals surface area contributed by atoms with Crippen LogP contribution < -0.4 is 21.5 Å². The number of carboxylic acid groups (broad SMARTS) is 1. The average Bonchev–Trinajstić information content (AvgIpc) is 3.18. The molecule has 4 N–H and O–H groups in total. The molecule has 10 nitrogen and oxygen atoms in total. The van der Waals surface area contributed by atoms with Gasteiger partial charge in [0.15, 0.2) is 0 Å². The molecule has 4 aromatic rings. The van der Waals surface area contributed by atoms with Gasteiger partial charge < -0.3 is 20.9 Å². The van der Waals surface area contributed by atoms with Crippen LogP contribution in [0.1, 0.15) is 18.9 Å². The maximum atomic E-state index is 13.7. The number of benzene rings is 2. The van der Waals surface area contributed by atoms with E-state index in [1.807, 2.05) is 30.3 Å². The van der Waals surface area contributed by atoms with Gasteiger partial charge in [-0.15, -0.1) is 0 Å². The number of nitrogen functional groups attached to an aromatic ring is 1. The third-order valence-electron chi connectivity index (χ3n) is 5.64. The summed E-state index contributed by atoms with van der Waals surface area (Å²) in [6, 6.07) is 17.2. The number of aliphatic carboxylic acids is 1. The second-order valence-electron chi connectivity index (χ2n) is 8.00. The molecule has 0 fully saturated rings. The number of amides is 1. The van der Waals surface area contributed by atoms with Gasteiger partial charge >= 0.3 is 11.7 Å². The van der Waals surface area contributed by atoms with Gasteiger partial charge in [0.1, 0.15) is 22.8 Å². The Labute approximate surface area is 206 Å². The Balaban J connectivity index is 1.78. The molecule has 36 heavy (non-hydrogen) atoms. The summed E-state index contributed by atoms with van der Waals surface area (Å²) in [6.45, 7) is 3.46. The van der Waals surface area contributed by atoms with Gasteiger partial charge in [0.05, 0.1) is 17.2 Å². The lowest BCUT2D eigenvalue weighted by Gasteiger charge is -2.18. The number of carbonyl (C=O) groups is 2. The first-order valence-electron chi connectivity index (χ1n) is 11.2. The lowest BCUT2D eigenvalue weighted by Crippen LogP contribution is -2.35. The number of nitrogens with one attached hydrogen (secondary N) is 1. The minimum atomic E-state index is -1.01. The highest BCUT2D eigenvalue weighted by atomic mass is 16.5. The molecule has 2 aromatic heterocycles. The van der Waals surface area contributed by atoms with Crippen molar-refractivity contribution in [3.8, 4) is 17.2 Å². The fourth-order valence-electron chi connectivity index (χ4n) is 3.97. The predicted octanol–water partition coefficient (Wildman–Crippen LogP) is 3.27. The number of rotatable bonds is 10. The van der Waals surface area contributed by atoms with Crippen molar-refractivity contribution in [2.45, 2.75) is 18.9 Å². The van der Waals surface area contributed by atoms with E-state index in [1.54, 1.807) is 30.3 Å². The number of pyridine rings is 1. The monoisotopic (exact) mass is 487 g/mol. The van der Waals surface area contributed by atoms with Crippen LogP contribution in [0, 0.1) is 0 Å². The predicted molar refractivity (Wildman–Crippen MR) is 135 cm³/mol. The zero-order chi connectivity index (χ0) is 25.7. The summed E-state index contributed by atoms with van der Waals surface area (Å²) in [7, 11) is 0. The standard InChI is InChI=1S/C26H25N5O5/c1-2-22(32)29-16-18(10-13-23(33)34)30-21-14-15-28-25(27)24(21)31(26(30)35)17-8-11-20(12-9-17)36-19-6-4-3-5-7-19/h2-9,11-12,14-15,18H,1,10,13,16H2,(H2,27,28)(H,29,32)(H,33,34)/t18-/m1/s1. The van der Waals surface area contributed by atoms with Crippen LogP contribution in [0.3, 0.4) is 0 Å². The van der Waals surface area contributed by atoms with Crippen molar-refractivity contribution in [2.24, 2.45) is 0 Å². The van der Waals surface area contributed by atoms with Crippen LogP contribution >= 0.6 is 0 Å². The summed E-state index contributed by atoms with van der Waals surface area (Å²) < 4.78 is 8.72. The van der Waals surface area contributed by atoms with Crippen LogP contribution in [0.5, 0.6) is 11.5 Å². The Morgan fingerprint density at radius 2 is 1.81 bits per heavy atom. The highest BCUT2D eigenvalue weighted by molar-refractivity contribution is 5.88. The van der Waals surface area contributed by atoms with Gasteiger partial charge in [-0.2, -0.15) is 0 Å². The Bertz CT molecular complexity index is 1460. The quantitative estimate of drug-likeness (QED) is 0.292. The average molecular weight is 488 g/mol. The van der Waals surface area contributed by atoms with Gasteiger partial charge in [-0.1, -0.05) is 24.8 Å². The molecule has 184 valence electrons. The highest BCUT2D eigenvalue weighted by Crippen LogP contribution is 2.27. The van der Waals surface area contributed by atoms with Crippen LogP contribution in [0.4, 0.5) is 5.82 Å². The second-order valence-corrected chi connectivity index (χ2v) is 8.00. The molecule has 0 saturated heterocycles. The molecule has 0 bridgehead atoms. The van der Waals surface area contributed by atoms with E-state index < -0.39 is 23.6 Å². The van der Waals surface area contributed by atoms with Crippen LogP contribution in [0.15, 0.2) is 84.3 Å². The lowest BCUT2D eigenvalue weighted by molar-refractivity contribution is -0.137. The topological polar surface area (TPSA) is 141 Å². The summed E-state index contributed by atoms with van der Waals surface area (Å²) in [4.78, 5) is 41.0. The molecule has 0 aliphatic rings. The number of ether oxygens (including phenoxy) is 1. The van der Waals surface area contributed by atoms with Gasteiger partial charge in [-0.05, 0) is 55.0 Å². The SMILES string of the molecule is C=CC(=O)NC[C@@H](CCC(=O)O)n1c(=O)n(-c2ccc(Oc3ccccc3)cc2)c2c(N)nccc21. The number of carboxylic acids is 1. The molecule has 0 unspecified atom stereocenters. The summed E-state index contributed by atoms with van der Waals surface area (Å²) in [5.41, 5.74) is 7.13. The molecule has 2 heterocycles. The second kappa shape index (κ2) is 10.6. The number of imidazole rings is 1. The Hall–Kier alpha value is -4.86. The van der Waals surface area contributed by atoms with Crippen molar-refractivity contribution in [3.63, 3.8) is 0 Å². The summed E-state index contributed by atoms with van der Waals surface area (Å²) in [6.07, 6.45) is 2.50. The lowest BCUT2D eigenvalue weighted by atomic mass is 10.1. The van der Waals surface area contributed by atoms with Crippen LogP contribution in [0.2, 0.25) is 0 Å². The van der Waals surface area contributed by atoms with Crippen molar-refractivity contribution in [2.75, 3.05) is 12.3 Å². The number of aromatic nitrogens is 3. The molecule has 0 radical (unpaired) electrons. The van der Waals surface area contributed by atoms with Crippen LogP contribution in [-0.2, 0) is 9.59 Å². The Morgan fingerprint density at radius 1 is 1.11 bits per heavy atom. The van der Waals surface area contributed by atoms with Gasteiger partial charge in [0, 0.05) is 19.2 Å². The normalized spacial score (nSPS) is 11.7. The van der Waals surface area contributed by atoms with E-state index in [0.717, 1.165) is 6.08 Å². The molecular formula is C26H25N5O5. The first-order valence-corrected chi connectivity index (χ1v) is 11.2. The fraction of sp³-hybridized carbons (Fsp3) is 0.154. The minimum Gasteiger partial charge on any atom is -0.481 e. The minimum absolute atomic E-state index is 0.0310. The Kier molecular flexibility index (Phi) is 7.15. The van der Waals surface area contributed by atoms with E-state index in [9.17, 15) is 19.5 Å². The maximum absolute atomic E-state index is 13.7. The number of nitrogens with zero attached hydrogens (tertiary/aromatic N) is 3. The van der Waals surface area contributed by atoms with E-state index >= 15 is 0 Å². The van der Waals surface area contributed by atoms with Crippen molar-refractivity contribution >= 4 is 28.7 Å². The van der Waals surface area contributed by atoms with Gasteiger partial charge in [-0.25, -0.2) is 9.78 Å². The van der Waals surface area contributed by atoms with Crippen molar-refractivity contribution < 1.29 is 19.4 Å². The maximum Gasteiger partial charge on any atom is 0.334 e. The van der Waals surface area contributed by atoms with Gasteiger partial charge in [-0.3, -0.25) is 18.7 Å². The molecular weight excluding hydrogens is 462 g/mol. The zero-order valence-electron chi connectivity index (χ0n) is 19.3. The van der Waals surface area contributed by atoms with E-state index in [-0.39, 0.29) is 25.2 Å². The highest BCUT2D eigenvalue weighted by Gasteiger charge is 2.24. The molecule has 0 spiro atoms. The summed E-state index contributed by atoms with van der Waals surface area (Å²) in [5.74, 6) is -0.0426. The molecule has 4 rings (SSSR count). The Morgan fingerprint density at radius 3 is 2.47 bits per heavy atom. The molecule has 0 aliphatic heterocycles. The number of nitrogens with two attached hydrogens (primary N) is 1. The number of hydrogen-bond acceptors (Lipinski definition) is 6. The van der Waals surface area contributed by atoms with Crippen molar-refractivity contribution in [1.29, 1.82) is 0 Å². The van der Waals surface area contributed by atoms with Crippen LogP contribution in [-0.4, -0.2) is 37.6 Å². The molecule has 0 saturated carbocycles. The molecule has 1 amide bonds. The molecule has 2 aromatic carbocycles.